The standard InChI is InChI=1S/C19H24N2O2S/c1-15(2)12-20-19(22)21-18-10-6-9-17(11-18)14-24(23)13-16-7-4-3-5-8-16/h3-11,15H,12-14H2,1-2H3,(H2,20,21,22). The number of carbonyl (C=O) groups is 1. The monoisotopic (exact) mass is 344 g/mol. The van der Waals surface area contributed by atoms with Crippen LogP contribution in [-0.2, 0) is 22.3 Å². The summed E-state index contributed by atoms with van der Waals surface area (Å²) in [5.41, 5.74) is 2.73. The molecule has 0 aliphatic rings. The third-order valence-corrected chi connectivity index (χ3v) is 4.66. The SMILES string of the molecule is CC(C)CNC(=O)Nc1cccc(CS(=O)Cc2ccccc2)c1. The molecule has 4 nitrogen and oxygen atoms in total. The fraction of sp³-hybridized carbons (Fsp3) is 0.316. The summed E-state index contributed by atoms with van der Waals surface area (Å²) in [6.45, 7) is 4.72. The average molecular weight is 344 g/mol. The molecule has 0 aliphatic heterocycles. The van der Waals surface area contributed by atoms with Gasteiger partial charge in [-0.25, -0.2) is 4.79 Å². The van der Waals surface area contributed by atoms with Crippen LogP contribution in [0.25, 0.3) is 0 Å². The van der Waals surface area contributed by atoms with Crippen LogP contribution in [0.15, 0.2) is 54.6 Å². The zero-order valence-corrected chi connectivity index (χ0v) is 14.9. The highest BCUT2D eigenvalue weighted by Crippen LogP contribution is 2.14. The quantitative estimate of drug-likeness (QED) is 0.800. The molecule has 0 saturated heterocycles. The van der Waals surface area contributed by atoms with Gasteiger partial charge in [-0.1, -0.05) is 56.3 Å². The lowest BCUT2D eigenvalue weighted by atomic mass is 10.2. The van der Waals surface area contributed by atoms with Gasteiger partial charge in [0.05, 0.1) is 0 Å². The molecule has 2 amide bonds. The largest absolute Gasteiger partial charge is 0.338 e. The predicted molar refractivity (Wildman–Crippen MR) is 100 cm³/mol. The van der Waals surface area contributed by atoms with Crippen molar-refractivity contribution in [2.45, 2.75) is 25.4 Å². The number of hydrogen-bond donors (Lipinski definition) is 2. The normalized spacial score (nSPS) is 12.0. The highest BCUT2D eigenvalue weighted by atomic mass is 32.2. The van der Waals surface area contributed by atoms with Crippen molar-refractivity contribution >= 4 is 22.5 Å². The van der Waals surface area contributed by atoms with Gasteiger partial charge in [-0.3, -0.25) is 4.21 Å². The van der Waals surface area contributed by atoms with Crippen molar-refractivity contribution in [2.24, 2.45) is 5.92 Å². The van der Waals surface area contributed by atoms with E-state index < -0.39 is 10.8 Å². The van der Waals surface area contributed by atoms with E-state index in [-0.39, 0.29) is 6.03 Å². The van der Waals surface area contributed by atoms with Crippen molar-refractivity contribution in [3.8, 4) is 0 Å². The number of urea groups is 1. The van der Waals surface area contributed by atoms with Crippen LogP contribution in [0.4, 0.5) is 10.5 Å². The van der Waals surface area contributed by atoms with Crippen molar-refractivity contribution < 1.29 is 9.00 Å². The molecule has 0 heterocycles. The van der Waals surface area contributed by atoms with E-state index in [1.807, 2.05) is 68.4 Å². The Morgan fingerprint density at radius 2 is 1.67 bits per heavy atom. The minimum atomic E-state index is -0.981. The zero-order valence-electron chi connectivity index (χ0n) is 14.1. The average Bonchev–Trinajstić information content (AvgIpc) is 2.54. The maximum absolute atomic E-state index is 12.3. The highest BCUT2D eigenvalue weighted by Gasteiger charge is 2.06. The zero-order chi connectivity index (χ0) is 17.4. The fourth-order valence-electron chi connectivity index (χ4n) is 2.21. The molecule has 2 rings (SSSR count). The summed E-state index contributed by atoms with van der Waals surface area (Å²) in [5.74, 6) is 1.41. The molecular formula is C19H24N2O2S. The smallest absolute Gasteiger partial charge is 0.319 e. The fourth-order valence-corrected chi connectivity index (χ4v) is 3.43. The Morgan fingerprint density at radius 1 is 1.00 bits per heavy atom. The number of anilines is 1. The Kier molecular flexibility index (Phi) is 7.00. The molecule has 0 bridgehead atoms. The van der Waals surface area contributed by atoms with Gasteiger partial charge in [-0.05, 0) is 29.2 Å². The van der Waals surface area contributed by atoms with Crippen LogP contribution in [0.1, 0.15) is 25.0 Å². The Hall–Kier alpha value is -2.14. The molecule has 1 unspecified atom stereocenters. The summed E-state index contributed by atoms with van der Waals surface area (Å²) < 4.78 is 12.3. The summed E-state index contributed by atoms with van der Waals surface area (Å²) in [7, 11) is -0.981. The predicted octanol–water partition coefficient (Wildman–Crippen LogP) is 3.91. The van der Waals surface area contributed by atoms with Gasteiger partial charge in [-0.2, -0.15) is 0 Å². The van der Waals surface area contributed by atoms with E-state index in [4.69, 9.17) is 0 Å². The lowest BCUT2D eigenvalue weighted by Gasteiger charge is -2.10. The Bertz CT molecular complexity index is 687. The van der Waals surface area contributed by atoms with Gasteiger partial charge in [-0.15, -0.1) is 0 Å². The lowest BCUT2D eigenvalue weighted by molar-refractivity contribution is 0.251. The maximum Gasteiger partial charge on any atom is 0.319 e. The molecule has 0 spiro atoms. The molecule has 0 saturated carbocycles. The molecule has 128 valence electrons. The van der Waals surface area contributed by atoms with Crippen molar-refractivity contribution in [1.82, 2.24) is 5.32 Å². The van der Waals surface area contributed by atoms with Gasteiger partial charge in [0.2, 0.25) is 0 Å². The van der Waals surface area contributed by atoms with E-state index in [0.29, 0.717) is 29.7 Å². The summed E-state index contributed by atoms with van der Waals surface area (Å²) in [5, 5.41) is 5.63. The summed E-state index contributed by atoms with van der Waals surface area (Å²) in [6, 6.07) is 17.1. The molecule has 0 aliphatic carbocycles. The van der Waals surface area contributed by atoms with E-state index in [2.05, 4.69) is 10.6 Å². The molecule has 2 aromatic carbocycles. The minimum absolute atomic E-state index is 0.216. The molecule has 2 N–H and O–H groups in total. The van der Waals surface area contributed by atoms with Crippen LogP contribution < -0.4 is 10.6 Å². The molecule has 5 heteroatoms. The number of rotatable bonds is 7. The highest BCUT2D eigenvalue weighted by molar-refractivity contribution is 7.83. The van der Waals surface area contributed by atoms with Crippen molar-refractivity contribution in [3.05, 3.63) is 65.7 Å². The summed E-state index contributed by atoms with van der Waals surface area (Å²) in [4.78, 5) is 11.8. The summed E-state index contributed by atoms with van der Waals surface area (Å²) >= 11 is 0. The van der Waals surface area contributed by atoms with Gasteiger partial charge < -0.3 is 10.6 Å². The van der Waals surface area contributed by atoms with Crippen LogP contribution in [-0.4, -0.2) is 16.8 Å². The molecule has 0 fully saturated rings. The van der Waals surface area contributed by atoms with Crippen LogP contribution in [0.5, 0.6) is 0 Å². The Morgan fingerprint density at radius 3 is 2.38 bits per heavy atom. The van der Waals surface area contributed by atoms with Crippen molar-refractivity contribution in [2.75, 3.05) is 11.9 Å². The van der Waals surface area contributed by atoms with E-state index >= 15 is 0 Å². The number of carbonyl (C=O) groups excluding carboxylic acids is 1. The molecular weight excluding hydrogens is 320 g/mol. The molecule has 2 aromatic rings. The van der Waals surface area contributed by atoms with E-state index in [1.165, 1.54) is 0 Å². The van der Waals surface area contributed by atoms with Crippen molar-refractivity contribution in [1.29, 1.82) is 0 Å². The first-order valence-corrected chi connectivity index (χ1v) is 9.54. The molecule has 0 aromatic heterocycles. The van der Waals surface area contributed by atoms with Gasteiger partial charge in [0.15, 0.2) is 0 Å². The first-order valence-electron chi connectivity index (χ1n) is 8.05. The number of hydrogen-bond acceptors (Lipinski definition) is 2. The first kappa shape index (κ1) is 18.2. The molecule has 1 atom stereocenters. The van der Waals surface area contributed by atoms with E-state index in [1.54, 1.807) is 0 Å². The number of benzene rings is 2. The van der Waals surface area contributed by atoms with Gasteiger partial charge in [0.25, 0.3) is 0 Å². The van der Waals surface area contributed by atoms with E-state index in [0.717, 1.165) is 11.1 Å². The van der Waals surface area contributed by atoms with Gasteiger partial charge in [0, 0.05) is 34.5 Å². The second-order valence-electron chi connectivity index (χ2n) is 6.14. The van der Waals surface area contributed by atoms with E-state index in [9.17, 15) is 9.00 Å². The van der Waals surface area contributed by atoms with Gasteiger partial charge in [0.1, 0.15) is 0 Å². The second-order valence-corrected chi connectivity index (χ2v) is 7.60. The Labute approximate surface area is 146 Å². The maximum atomic E-state index is 12.3. The second kappa shape index (κ2) is 9.23. The topological polar surface area (TPSA) is 58.2 Å². The van der Waals surface area contributed by atoms with Crippen LogP contribution in [0, 0.1) is 5.92 Å². The first-order chi connectivity index (χ1) is 11.5. The lowest BCUT2D eigenvalue weighted by Crippen LogP contribution is -2.31. The van der Waals surface area contributed by atoms with Crippen LogP contribution >= 0.6 is 0 Å². The number of amides is 2. The summed E-state index contributed by atoms with van der Waals surface area (Å²) in [6.07, 6.45) is 0. The minimum Gasteiger partial charge on any atom is -0.338 e. The van der Waals surface area contributed by atoms with Crippen LogP contribution in [0.3, 0.4) is 0 Å². The third kappa shape index (κ3) is 6.54. The molecule has 24 heavy (non-hydrogen) atoms. The third-order valence-electron chi connectivity index (χ3n) is 3.35. The van der Waals surface area contributed by atoms with Crippen LogP contribution in [0.2, 0.25) is 0 Å². The number of nitrogens with one attached hydrogen (secondary N) is 2. The molecule has 0 radical (unpaired) electrons. The Balaban J connectivity index is 1.90. The van der Waals surface area contributed by atoms with Gasteiger partial charge >= 0.3 is 6.03 Å². The van der Waals surface area contributed by atoms with Crippen molar-refractivity contribution in [3.63, 3.8) is 0 Å².